The number of nitrogens with zero attached hydrogens (tertiary/aromatic N) is 3. The van der Waals surface area contributed by atoms with Crippen molar-refractivity contribution >= 4 is 39.5 Å². The van der Waals surface area contributed by atoms with E-state index < -0.39 is 0 Å². The standard InChI is InChI=1S/C19H16N4O2S2/c1-23(10-16-21-14-6-3-2-5-13(14)18(25)22-16)17(24)9-12-11-27-19(20-12)15-7-4-8-26-15/h2-8,11H,9-10H2,1H3,(H,21,22,25). The lowest BCUT2D eigenvalue weighted by molar-refractivity contribution is -0.129. The zero-order valence-corrected chi connectivity index (χ0v) is 16.1. The van der Waals surface area contributed by atoms with Crippen LogP contribution in [0.3, 0.4) is 0 Å². The fraction of sp³-hybridized carbons (Fsp3) is 0.158. The van der Waals surface area contributed by atoms with Crippen LogP contribution in [0.1, 0.15) is 11.5 Å². The number of hydrogen-bond acceptors (Lipinski definition) is 6. The lowest BCUT2D eigenvalue weighted by Gasteiger charge is -2.16. The largest absolute Gasteiger partial charge is 0.338 e. The van der Waals surface area contributed by atoms with Gasteiger partial charge in [-0.05, 0) is 23.6 Å². The van der Waals surface area contributed by atoms with Gasteiger partial charge in [-0.1, -0.05) is 18.2 Å². The van der Waals surface area contributed by atoms with Crippen molar-refractivity contribution < 1.29 is 4.79 Å². The van der Waals surface area contributed by atoms with Crippen molar-refractivity contribution in [3.8, 4) is 9.88 Å². The Bertz CT molecular complexity index is 1150. The molecule has 0 unspecified atom stereocenters. The molecule has 1 N–H and O–H groups in total. The molecular formula is C19H16N4O2S2. The van der Waals surface area contributed by atoms with E-state index in [2.05, 4.69) is 15.0 Å². The van der Waals surface area contributed by atoms with Crippen molar-refractivity contribution in [1.29, 1.82) is 0 Å². The molecule has 0 saturated heterocycles. The number of amides is 1. The highest BCUT2D eigenvalue weighted by Crippen LogP contribution is 2.28. The second-order valence-electron chi connectivity index (χ2n) is 6.08. The highest BCUT2D eigenvalue weighted by Gasteiger charge is 2.15. The molecule has 0 atom stereocenters. The highest BCUT2D eigenvalue weighted by atomic mass is 32.1. The average molecular weight is 396 g/mol. The van der Waals surface area contributed by atoms with Crippen LogP contribution in [0, 0.1) is 0 Å². The monoisotopic (exact) mass is 396 g/mol. The number of rotatable bonds is 5. The predicted octanol–water partition coefficient (Wildman–Crippen LogP) is 3.31. The molecule has 0 aliphatic rings. The summed E-state index contributed by atoms with van der Waals surface area (Å²) in [5, 5.41) is 5.39. The molecule has 136 valence electrons. The molecule has 0 spiro atoms. The summed E-state index contributed by atoms with van der Waals surface area (Å²) >= 11 is 3.17. The predicted molar refractivity (Wildman–Crippen MR) is 108 cm³/mol. The summed E-state index contributed by atoms with van der Waals surface area (Å²) in [6, 6.07) is 11.2. The van der Waals surface area contributed by atoms with Gasteiger partial charge in [0.05, 0.1) is 34.4 Å². The summed E-state index contributed by atoms with van der Waals surface area (Å²) in [4.78, 5) is 39.1. The van der Waals surface area contributed by atoms with Gasteiger partial charge in [-0.25, -0.2) is 9.97 Å². The van der Waals surface area contributed by atoms with Gasteiger partial charge in [-0.3, -0.25) is 9.59 Å². The number of fused-ring (bicyclic) bond motifs is 1. The molecule has 1 aromatic carbocycles. The summed E-state index contributed by atoms with van der Waals surface area (Å²) in [7, 11) is 1.70. The first-order valence-corrected chi connectivity index (χ1v) is 10.1. The Hall–Kier alpha value is -2.84. The Labute approximate surface area is 163 Å². The van der Waals surface area contributed by atoms with Gasteiger partial charge in [0.15, 0.2) is 0 Å². The number of carbonyl (C=O) groups excluding carboxylic acids is 1. The first kappa shape index (κ1) is 17.6. The maximum Gasteiger partial charge on any atom is 0.258 e. The fourth-order valence-electron chi connectivity index (χ4n) is 2.71. The quantitative estimate of drug-likeness (QED) is 0.561. The van der Waals surface area contributed by atoms with Gasteiger partial charge in [0.25, 0.3) is 5.56 Å². The zero-order chi connectivity index (χ0) is 18.8. The third-order valence-corrected chi connectivity index (χ3v) is 6.02. The maximum atomic E-state index is 12.5. The van der Waals surface area contributed by atoms with Crippen LogP contribution in [-0.2, 0) is 17.8 Å². The van der Waals surface area contributed by atoms with Crippen LogP contribution >= 0.6 is 22.7 Å². The Morgan fingerprint density at radius 1 is 1.15 bits per heavy atom. The van der Waals surface area contributed by atoms with Crippen LogP contribution in [-0.4, -0.2) is 32.8 Å². The second-order valence-corrected chi connectivity index (χ2v) is 7.88. The van der Waals surface area contributed by atoms with Crippen LogP contribution in [0.15, 0.2) is 52.0 Å². The lowest BCUT2D eigenvalue weighted by atomic mass is 10.2. The van der Waals surface area contributed by atoms with Crippen LogP contribution in [0.4, 0.5) is 0 Å². The van der Waals surface area contributed by atoms with E-state index in [1.165, 1.54) is 11.3 Å². The third-order valence-electron chi connectivity index (χ3n) is 4.09. The van der Waals surface area contributed by atoms with E-state index in [-0.39, 0.29) is 24.4 Å². The van der Waals surface area contributed by atoms with Gasteiger partial charge in [0, 0.05) is 12.4 Å². The second kappa shape index (κ2) is 7.42. The zero-order valence-electron chi connectivity index (χ0n) is 14.5. The van der Waals surface area contributed by atoms with E-state index in [1.807, 2.05) is 29.0 Å². The maximum absolute atomic E-state index is 12.5. The van der Waals surface area contributed by atoms with Crippen LogP contribution in [0.25, 0.3) is 20.8 Å². The summed E-state index contributed by atoms with van der Waals surface area (Å²) in [5.74, 6) is 0.390. The normalized spacial score (nSPS) is 11.0. The molecule has 0 saturated carbocycles. The van der Waals surface area contributed by atoms with Crippen molar-refractivity contribution in [2.45, 2.75) is 13.0 Å². The van der Waals surface area contributed by atoms with Gasteiger partial charge in [-0.15, -0.1) is 22.7 Å². The van der Waals surface area contributed by atoms with E-state index in [0.29, 0.717) is 16.7 Å². The molecule has 8 heteroatoms. The Balaban J connectivity index is 1.46. The van der Waals surface area contributed by atoms with Crippen LogP contribution in [0.5, 0.6) is 0 Å². The molecule has 4 rings (SSSR count). The molecule has 0 bridgehead atoms. The van der Waals surface area contributed by atoms with E-state index in [9.17, 15) is 9.59 Å². The molecule has 3 heterocycles. The molecule has 0 aliphatic carbocycles. The van der Waals surface area contributed by atoms with Crippen molar-refractivity contribution in [2.75, 3.05) is 7.05 Å². The summed E-state index contributed by atoms with van der Waals surface area (Å²) in [6.45, 7) is 0.237. The van der Waals surface area contributed by atoms with Gasteiger partial charge in [-0.2, -0.15) is 0 Å². The molecule has 3 aromatic heterocycles. The van der Waals surface area contributed by atoms with Crippen LogP contribution < -0.4 is 5.56 Å². The van der Waals surface area contributed by atoms with Crippen molar-refractivity contribution in [1.82, 2.24) is 19.9 Å². The molecule has 6 nitrogen and oxygen atoms in total. The average Bonchev–Trinajstić information content (AvgIpc) is 3.33. The number of hydrogen-bond donors (Lipinski definition) is 1. The van der Waals surface area contributed by atoms with Crippen molar-refractivity contribution in [3.05, 3.63) is 69.0 Å². The third kappa shape index (κ3) is 3.81. The number of aromatic amines is 1. The first-order valence-electron chi connectivity index (χ1n) is 8.30. The summed E-state index contributed by atoms with van der Waals surface area (Å²) < 4.78 is 0. The smallest absolute Gasteiger partial charge is 0.258 e. The van der Waals surface area contributed by atoms with Gasteiger partial charge >= 0.3 is 0 Å². The molecule has 27 heavy (non-hydrogen) atoms. The number of thiazole rings is 1. The topological polar surface area (TPSA) is 79.0 Å². The number of para-hydroxylation sites is 1. The van der Waals surface area contributed by atoms with Crippen molar-refractivity contribution in [2.24, 2.45) is 0 Å². The van der Waals surface area contributed by atoms with Gasteiger partial charge in [0.2, 0.25) is 5.91 Å². The van der Waals surface area contributed by atoms with Crippen LogP contribution in [0.2, 0.25) is 0 Å². The number of carbonyl (C=O) groups is 1. The Morgan fingerprint density at radius 3 is 2.81 bits per heavy atom. The molecule has 0 aliphatic heterocycles. The van der Waals surface area contributed by atoms with Gasteiger partial charge < -0.3 is 9.88 Å². The minimum atomic E-state index is -0.198. The number of thiophene rings is 1. The van der Waals surface area contributed by atoms with E-state index >= 15 is 0 Å². The number of nitrogens with one attached hydrogen (secondary N) is 1. The number of H-pyrrole nitrogens is 1. The lowest BCUT2D eigenvalue weighted by Crippen LogP contribution is -2.29. The molecule has 0 fully saturated rings. The summed E-state index contributed by atoms with van der Waals surface area (Å²) in [6.07, 6.45) is 0.218. The fourth-order valence-corrected chi connectivity index (χ4v) is 4.35. The summed E-state index contributed by atoms with van der Waals surface area (Å²) in [5.41, 5.74) is 1.17. The molecular weight excluding hydrogens is 380 g/mol. The minimum absolute atomic E-state index is 0.0752. The van der Waals surface area contributed by atoms with E-state index in [4.69, 9.17) is 0 Å². The molecule has 0 radical (unpaired) electrons. The highest BCUT2D eigenvalue weighted by molar-refractivity contribution is 7.20. The first-order chi connectivity index (χ1) is 13.1. The number of likely N-dealkylation sites (N-methyl/N-ethyl adjacent to an activating group) is 1. The Morgan fingerprint density at radius 2 is 2.00 bits per heavy atom. The Kier molecular flexibility index (Phi) is 4.83. The number of benzene rings is 1. The minimum Gasteiger partial charge on any atom is -0.338 e. The molecule has 1 amide bonds. The van der Waals surface area contributed by atoms with Gasteiger partial charge in [0.1, 0.15) is 10.8 Å². The van der Waals surface area contributed by atoms with E-state index in [0.717, 1.165) is 15.6 Å². The SMILES string of the molecule is CN(Cc1nc2ccccc2c(=O)[nH]1)C(=O)Cc1csc(-c2cccs2)n1. The number of aromatic nitrogens is 3. The van der Waals surface area contributed by atoms with Crippen molar-refractivity contribution in [3.63, 3.8) is 0 Å². The molecule has 4 aromatic rings. The van der Waals surface area contributed by atoms with E-state index in [1.54, 1.807) is 41.5 Å².